The minimum atomic E-state index is -0.276. The molecule has 0 bridgehead atoms. The molecule has 3 N–H and O–H groups in total. The maximum atomic E-state index is 13.3. The zero-order valence-electron chi connectivity index (χ0n) is 12.1. The Bertz CT molecular complexity index is 687. The monoisotopic (exact) mass is 304 g/mol. The third-order valence-corrected chi connectivity index (χ3v) is 3.61. The number of nitrogens with zero attached hydrogens (tertiary/aromatic N) is 2. The van der Waals surface area contributed by atoms with E-state index in [4.69, 9.17) is 18.0 Å². The van der Waals surface area contributed by atoms with E-state index in [0.29, 0.717) is 11.4 Å². The molecule has 21 heavy (non-hydrogen) atoms. The highest BCUT2D eigenvalue weighted by atomic mass is 32.1. The number of anilines is 1. The maximum absolute atomic E-state index is 13.3. The van der Waals surface area contributed by atoms with Crippen molar-refractivity contribution in [3.63, 3.8) is 0 Å². The summed E-state index contributed by atoms with van der Waals surface area (Å²) in [5, 5.41) is 11.4. The first kappa shape index (κ1) is 15.3. The van der Waals surface area contributed by atoms with Gasteiger partial charge in [-0.1, -0.05) is 24.4 Å². The molecule has 0 spiro atoms. The normalized spacial score (nSPS) is 12.0. The van der Waals surface area contributed by atoms with Crippen molar-refractivity contribution in [2.45, 2.75) is 26.8 Å². The van der Waals surface area contributed by atoms with Gasteiger partial charge in [0.1, 0.15) is 10.8 Å². The van der Waals surface area contributed by atoms with Gasteiger partial charge in [0.25, 0.3) is 0 Å². The predicted molar refractivity (Wildman–Crippen MR) is 85.8 cm³/mol. The summed E-state index contributed by atoms with van der Waals surface area (Å²) < 4.78 is 13.3. The van der Waals surface area contributed by atoms with Crippen LogP contribution < -0.4 is 11.1 Å². The van der Waals surface area contributed by atoms with Gasteiger partial charge in [-0.15, -0.1) is 5.10 Å². The second-order valence-corrected chi connectivity index (χ2v) is 5.36. The van der Waals surface area contributed by atoms with Crippen molar-refractivity contribution in [2.24, 2.45) is 5.73 Å². The van der Waals surface area contributed by atoms with Crippen molar-refractivity contribution in [3.8, 4) is 0 Å². The molecule has 2 aromatic rings. The van der Waals surface area contributed by atoms with Gasteiger partial charge in [-0.25, -0.2) is 4.39 Å². The van der Waals surface area contributed by atoms with Crippen molar-refractivity contribution in [2.75, 3.05) is 5.32 Å². The van der Waals surface area contributed by atoms with Crippen molar-refractivity contribution in [3.05, 3.63) is 52.5 Å². The van der Waals surface area contributed by atoms with Gasteiger partial charge in [0, 0.05) is 0 Å². The van der Waals surface area contributed by atoms with Gasteiger partial charge in [0.2, 0.25) is 0 Å². The Morgan fingerprint density at radius 2 is 2.05 bits per heavy atom. The number of hydrogen-bond donors (Lipinski definition) is 2. The summed E-state index contributed by atoms with van der Waals surface area (Å²) in [6, 6.07) is 6.25. The van der Waals surface area contributed by atoms with Gasteiger partial charge in [0.15, 0.2) is 5.82 Å². The topological polar surface area (TPSA) is 63.8 Å². The van der Waals surface area contributed by atoms with Crippen LogP contribution in [0.1, 0.15) is 35.3 Å². The lowest BCUT2D eigenvalue weighted by atomic mass is 10.1. The highest BCUT2D eigenvalue weighted by molar-refractivity contribution is 7.80. The Labute approximate surface area is 128 Å². The predicted octanol–water partition coefficient (Wildman–Crippen LogP) is 3.04. The van der Waals surface area contributed by atoms with E-state index in [9.17, 15) is 4.39 Å². The van der Waals surface area contributed by atoms with Crippen LogP contribution in [0.3, 0.4) is 0 Å². The fourth-order valence-electron chi connectivity index (χ4n) is 2.08. The van der Waals surface area contributed by atoms with E-state index in [0.717, 1.165) is 16.8 Å². The number of halogens is 1. The third-order valence-electron chi connectivity index (χ3n) is 3.40. The summed E-state index contributed by atoms with van der Waals surface area (Å²) in [6.45, 7) is 5.66. The molecular formula is C15H17FN4S. The minimum Gasteiger partial charge on any atom is -0.389 e. The van der Waals surface area contributed by atoms with Crippen LogP contribution in [0.5, 0.6) is 0 Å². The van der Waals surface area contributed by atoms with Gasteiger partial charge in [-0.05, 0) is 44.0 Å². The summed E-state index contributed by atoms with van der Waals surface area (Å²) >= 11 is 5.10. The molecule has 4 nitrogen and oxygen atoms in total. The van der Waals surface area contributed by atoms with E-state index in [1.165, 1.54) is 12.1 Å². The quantitative estimate of drug-likeness (QED) is 0.850. The van der Waals surface area contributed by atoms with E-state index in [-0.39, 0.29) is 16.8 Å². The van der Waals surface area contributed by atoms with Gasteiger partial charge in [-0.3, -0.25) is 0 Å². The molecule has 2 rings (SSSR count). The van der Waals surface area contributed by atoms with Crippen molar-refractivity contribution < 1.29 is 4.39 Å². The number of aromatic nitrogens is 2. The Balaban J connectivity index is 2.35. The number of aryl methyl sites for hydroxylation is 1. The molecule has 110 valence electrons. The number of benzene rings is 1. The van der Waals surface area contributed by atoms with Crippen molar-refractivity contribution in [1.82, 2.24) is 10.2 Å². The zero-order chi connectivity index (χ0) is 15.6. The number of nitrogens with one attached hydrogen (secondary N) is 1. The maximum Gasteiger partial charge on any atom is 0.159 e. The second kappa shape index (κ2) is 6.13. The fraction of sp³-hybridized carbons (Fsp3) is 0.267. The SMILES string of the molecule is Cc1nnc(NC(C)c2cccc(F)c2)c(C(N)=S)c1C. The van der Waals surface area contributed by atoms with E-state index in [1.54, 1.807) is 6.07 Å². The molecule has 0 saturated heterocycles. The molecule has 1 aromatic carbocycles. The summed E-state index contributed by atoms with van der Waals surface area (Å²) in [5.74, 6) is 0.240. The molecular weight excluding hydrogens is 287 g/mol. The molecule has 6 heteroatoms. The average molecular weight is 304 g/mol. The van der Waals surface area contributed by atoms with Gasteiger partial charge in [0.05, 0.1) is 17.3 Å². The Hall–Kier alpha value is -2.08. The second-order valence-electron chi connectivity index (χ2n) is 4.92. The first-order valence-electron chi connectivity index (χ1n) is 6.56. The summed E-state index contributed by atoms with van der Waals surface area (Å²) in [7, 11) is 0. The van der Waals surface area contributed by atoms with Crippen LogP contribution in [0.25, 0.3) is 0 Å². The van der Waals surface area contributed by atoms with E-state index in [1.807, 2.05) is 26.8 Å². The van der Waals surface area contributed by atoms with Crippen LogP contribution in [0, 0.1) is 19.7 Å². The molecule has 1 atom stereocenters. The van der Waals surface area contributed by atoms with Gasteiger partial charge >= 0.3 is 0 Å². The smallest absolute Gasteiger partial charge is 0.159 e. The molecule has 1 aromatic heterocycles. The lowest BCUT2D eigenvalue weighted by molar-refractivity contribution is 0.623. The Kier molecular flexibility index (Phi) is 4.47. The molecule has 0 aliphatic heterocycles. The first-order chi connectivity index (χ1) is 9.90. The highest BCUT2D eigenvalue weighted by Crippen LogP contribution is 2.23. The molecule has 0 radical (unpaired) electrons. The zero-order valence-corrected chi connectivity index (χ0v) is 13.0. The molecule has 0 aliphatic carbocycles. The van der Waals surface area contributed by atoms with Crippen LogP contribution >= 0.6 is 12.2 Å². The van der Waals surface area contributed by atoms with Gasteiger partial charge < -0.3 is 11.1 Å². The largest absolute Gasteiger partial charge is 0.389 e. The van der Waals surface area contributed by atoms with E-state index in [2.05, 4.69) is 15.5 Å². The van der Waals surface area contributed by atoms with Crippen LogP contribution in [-0.2, 0) is 0 Å². The molecule has 1 heterocycles. The first-order valence-corrected chi connectivity index (χ1v) is 6.96. The molecule has 0 amide bonds. The number of hydrogen-bond acceptors (Lipinski definition) is 4. The lowest BCUT2D eigenvalue weighted by Gasteiger charge is -2.18. The number of rotatable bonds is 4. The van der Waals surface area contributed by atoms with Crippen molar-refractivity contribution >= 4 is 23.0 Å². The molecule has 0 saturated carbocycles. The summed E-state index contributed by atoms with van der Waals surface area (Å²) in [5.41, 5.74) is 8.95. The van der Waals surface area contributed by atoms with Crippen LogP contribution in [-0.4, -0.2) is 15.2 Å². The minimum absolute atomic E-state index is 0.148. The lowest BCUT2D eigenvalue weighted by Crippen LogP contribution is -2.19. The summed E-state index contributed by atoms with van der Waals surface area (Å²) in [4.78, 5) is 0.263. The molecule has 0 aliphatic rings. The van der Waals surface area contributed by atoms with Crippen LogP contribution in [0.2, 0.25) is 0 Å². The Morgan fingerprint density at radius 3 is 2.67 bits per heavy atom. The number of thiocarbonyl (C=S) groups is 1. The van der Waals surface area contributed by atoms with Gasteiger partial charge in [-0.2, -0.15) is 5.10 Å². The number of nitrogens with two attached hydrogens (primary N) is 1. The van der Waals surface area contributed by atoms with E-state index >= 15 is 0 Å². The average Bonchev–Trinajstić information content (AvgIpc) is 2.42. The standard InChI is InChI=1S/C15H17FN4S/c1-8-9(2)19-20-15(13(8)14(17)21)18-10(3)11-5-4-6-12(16)7-11/h4-7,10H,1-3H3,(H2,17,21)(H,18,20). The third kappa shape index (κ3) is 3.33. The highest BCUT2D eigenvalue weighted by Gasteiger charge is 2.16. The summed E-state index contributed by atoms with van der Waals surface area (Å²) in [6.07, 6.45) is 0. The van der Waals surface area contributed by atoms with E-state index < -0.39 is 0 Å². The molecule has 0 fully saturated rings. The Morgan fingerprint density at radius 1 is 1.33 bits per heavy atom. The molecule has 1 unspecified atom stereocenters. The fourth-order valence-corrected chi connectivity index (χ4v) is 2.33. The van der Waals surface area contributed by atoms with Crippen molar-refractivity contribution in [1.29, 1.82) is 0 Å². The van der Waals surface area contributed by atoms with Crippen LogP contribution in [0.15, 0.2) is 24.3 Å². The van der Waals surface area contributed by atoms with Crippen LogP contribution in [0.4, 0.5) is 10.2 Å².